The smallest absolute Gasteiger partial charge is 0.118 e. The van der Waals surface area contributed by atoms with E-state index in [1.165, 1.54) is 27.6 Å². The molecule has 4 aromatic rings. The van der Waals surface area contributed by atoms with Crippen LogP contribution in [-0.2, 0) is 0 Å². The van der Waals surface area contributed by atoms with Crippen molar-refractivity contribution in [1.82, 2.24) is 9.55 Å². The lowest BCUT2D eigenvalue weighted by Crippen LogP contribution is -1.95. The second-order valence-corrected chi connectivity index (χ2v) is 5.85. The van der Waals surface area contributed by atoms with Crippen molar-refractivity contribution < 1.29 is 4.74 Å². The molecule has 0 radical (unpaired) electrons. The first-order chi connectivity index (χ1) is 11.8. The minimum absolute atomic E-state index is 0.873. The predicted molar refractivity (Wildman–Crippen MR) is 97.8 cm³/mol. The molecule has 0 saturated heterocycles. The monoisotopic (exact) mass is 314 g/mol. The first-order valence-corrected chi connectivity index (χ1v) is 7.93. The summed E-state index contributed by atoms with van der Waals surface area (Å²) in [5, 5.41) is 1.21. The third-order valence-corrected chi connectivity index (χ3v) is 4.38. The van der Waals surface area contributed by atoms with Crippen molar-refractivity contribution in [3.8, 4) is 22.6 Å². The molecule has 2 aromatic heterocycles. The number of hydrogen-bond donors (Lipinski definition) is 0. The van der Waals surface area contributed by atoms with Crippen LogP contribution in [0.5, 0.6) is 5.75 Å². The molecule has 0 spiro atoms. The largest absolute Gasteiger partial charge is 0.497 e. The Labute approximate surface area is 141 Å². The first kappa shape index (κ1) is 14.5. The maximum Gasteiger partial charge on any atom is 0.118 e. The number of fused-ring (bicyclic) bond motifs is 1. The summed E-state index contributed by atoms with van der Waals surface area (Å²) >= 11 is 0. The summed E-state index contributed by atoms with van der Waals surface area (Å²) < 4.78 is 7.42. The summed E-state index contributed by atoms with van der Waals surface area (Å²) in [6, 6.07) is 18.9. The lowest BCUT2D eigenvalue weighted by atomic mass is 10.0. The van der Waals surface area contributed by atoms with E-state index in [1.54, 1.807) is 7.11 Å². The number of hydrogen-bond acceptors (Lipinski definition) is 2. The summed E-state index contributed by atoms with van der Waals surface area (Å²) in [5.41, 5.74) is 5.89. The van der Waals surface area contributed by atoms with Gasteiger partial charge in [0.2, 0.25) is 0 Å². The van der Waals surface area contributed by atoms with E-state index in [0.29, 0.717) is 0 Å². The van der Waals surface area contributed by atoms with Crippen LogP contribution >= 0.6 is 0 Å². The van der Waals surface area contributed by atoms with E-state index in [9.17, 15) is 0 Å². The minimum atomic E-state index is 0.873. The van der Waals surface area contributed by atoms with Gasteiger partial charge in [0, 0.05) is 17.8 Å². The van der Waals surface area contributed by atoms with E-state index >= 15 is 0 Å². The van der Waals surface area contributed by atoms with Crippen molar-refractivity contribution in [2.75, 3.05) is 7.11 Å². The molecule has 0 unspecified atom stereocenters. The van der Waals surface area contributed by atoms with E-state index in [-0.39, 0.29) is 0 Å². The Bertz CT molecular complexity index is 1000. The number of benzene rings is 2. The van der Waals surface area contributed by atoms with Crippen molar-refractivity contribution in [2.24, 2.45) is 0 Å². The Morgan fingerprint density at radius 3 is 2.46 bits per heavy atom. The van der Waals surface area contributed by atoms with Crippen LogP contribution in [0.4, 0.5) is 0 Å². The van der Waals surface area contributed by atoms with Gasteiger partial charge in [0.15, 0.2) is 0 Å². The molecule has 0 amide bonds. The van der Waals surface area contributed by atoms with E-state index < -0.39 is 0 Å². The Morgan fingerprint density at radius 1 is 0.917 bits per heavy atom. The molecular formula is C21H18N2O. The second-order valence-electron chi connectivity index (χ2n) is 5.85. The number of methoxy groups -OCH3 is 1. The molecule has 0 bridgehead atoms. The molecule has 3 nitrogen and oxygen atoms in total. The summed E-state index contributed by atoms with van der Waals surface area (Å²) in [7, 11) is 1.68. The fraction of sp³-hybridized carbons (Fsp3) is 0.0952. The Morgan fingerprint density at radius 2 is 1.71 bits per heavy atom. The summed E-state index contributed by atoms with van der Waals surface area (Å²) in [4.78, 5) is 4.26. The minimum Gasteiger partial charge on any atom is -0.497 e. The van der Waals surface area contributed by atoms with Crippen LogP contribution in [0.25, 0.3) is 27.7 Å². The molecule has 0 aliphatic heterocycles. The highest BCUT2D eigenvalue weighted by Gasteiger charge is 2.07. The van der Waals surface area contributed by atoms with Crippen LogP contribution in [-0.4, -0.2) is 16.7 Å². The molecule has 0 atom stereocenters. The van der Waals surface area contributed by atoms with Gasteiger partial charge in [-0.05, 0) is 60.0 Å². The highest BCUT2D eigenvalue weighted by atomic mass is 16.5. The molecule has 4 rings (SSSR count). The fourth-order valence-electron chi connectivity index (χ4n) is 3.02. The number of pyridine rings is 1. The van der Waals surface area contributed by atoms with Crippen LogP contribution < -0.4 is 4.74 Å². The van der Waals surface area contributed by atoms with Gasteiger partial charge in [0.05, 0.1) is 24.5 Å². The molecule has 0 aliphatic rings. The molecule has 0 N–H and O–H groups in total. The third kappa shape index (κ3) is 2.44. The van der Waals surface area contributed by atoms with Gasteiger partial charge in [-0.15, -0.1) is 0 Å². The van der Waals surface area contributed by atoms with Crippen molar-refractivity contribution in [3.05, 3.63) is 78.8 Å². The molecule has 3 heteroatoms. The molecule has 118 valence electrons. The van der Waals surface area contributed by atoms with Gasteiger partial charge in [0.1, 0.15) is 5.75 Å². The fourth-order valence-corrected chi connectivity index (χ4v) is 3.02. The van der Waals surface area contributed by atoms with E-state index in [2.05, 4.69) is 59.1 Å². The van der Waals surface area contributed by atoms with Gasteiger partial charge in [0.25, 0.3) is 0 Å². The average molecular weight is 314 g/mol. The van der Waals surface area contributed by atoms with Gasteiger partial charge in [-0.25, -0.2) is 0 Å². The van der Waals surface area contributed by atoms with Crippen LogP contribution in [0.3, 0.4) is 0 Å². The van der Waals surface area contributed by atoms with Gasteiger partial charge in [-0.3, -0.25) is 4.98 Å². The quantitative estimate of drug-likeness (QED) is 0.531. The maximum atomic E-state index is 5.23. The molecule has 2 heterocycles. The summed E-state index contributed by atoms with van der Waals surface area (Å²) in [5.74, 6) is 0.873. The summed E-state index contributed by atoms with van der Waals surface area (Å²) in [6.45, 7) is 2.11. The molecule has 0 saturated carbocycles. The number of ether oxygens (including phenoxy) is 1. The Hall–Kier alpha value is -3.07. The van der Waals surface area contributed by atoms with Crippen LogP contribution in [0, 0.1) is 6.92 Å². The molecule has 24 heavy (non-hydrogen) atoms. The van der Waals surface area contributed by atoms with Crippen molar-refractivity contribution in [3.63, 3.8) is 0 Å². The standard InChI is InChI=1S/C21H18N2O/c1-15-9-11-22-14-21(15)23-12-10-18-13-17(5-8-20(18)23)16-3-6-19(24-2)7-4-16/h3-14H,1-2H3. The zero-order valence-corrected chi connectivity index (χ0v) is 13.7. The lowest BCUT2D eigenvalue weighted by molar-refractivity contribution is 0.415. The number of nitrogens with zero attached hydrogens (tertiary/aromatic N) is 2. The highest BCUT2D eigenvalue weighted by molar-refractivity contribution is 5.87. The van der Waals surface area contributed by atoms with E-state index in [0.717, 1.165) is 11.4 Å². The molecular weight excluding hydrogens is 296 g/mol. The molecule has 0 fully saturated rings. The normalized spacial score (nSPS) is 10.9. The van der Waals surface area contributed by atoms with Crippen LogP contribution in [0.15, 0.2) is 73.2 Å². The number of rotatable bonds is 3. The number of aromatic nitrogens is 2. The van der Waals surface area contributed by atoms with Crippen molar-refractivity contribution in [1.29, 1.82) is 0 Å². The van der Waals surface area contributed by atoms with Gasteiger partial charge >= 0.3 is 0 Å². The molecule has 2 aromatic carbocycles. The third-order valence-electron chi connectivity index (χ3n) is 4.38. The molecule has 0 aliphatic carbocycles. The zero-order chi connectivity index (χ0) is 16.5. The predicted octanol–water partition coefficient (Wildman–Crippen LogP) is 5.01. The van der Waals surface area contributed by atoms with E-state index in [1.807, 2.05) is 30.6 Å². The maximum absolute atomic E-state index is 5.23. The highest BCUT2D eigenvalue weighted by Crippen LogP contribution is 2.28. The van der Waals surface area contributed by atoms with Crippen molar-refractivity contribution >= 4 is 10.9 Å². The second kappa shape index (κ2) is 5.85. The first-order valence-electron chi connectivity index (χ1n) is 7.93. The lowest BCUT2D eigenvalue weighted by Gasteiger charge is -2.09. The average Bonchev–Trinajstić information content (AvgIpc) is 3.05. The van der Waals surface area contributed by atoms with Crippen LogP contribution in [0.2, 0.25) is 0 Å². The Kier molecular flexibility index (Phi) is 3.54. The van der Waals surface area contributed by atoms with Crippen LogP contribution in [0.1, 0.15) is 5.56 Å². The van der Waals surface area contributed by atoms with Gasteiger partial charge in [-0.1, -0.05) is 18.2 Å². The van der Waals surface area contributed by atoms with Gasteiger partial charge in [-0.2, -0.15) is 0 Å². The van der Waals surface area contributed by atoms with Gasteiger partial charge < -0.3 is 9.30 Å². The number of aryl methyl sites for hydroxylation is 1. The summed E-state index contributed by atoms with van der Waals surface area (Å²) in [6.07, 6.45) is 5.84. The zero-order valence-electron chi connectivity index (χ0n) is 13.7. The van der Waals surface area contributed by atoms with E-state index in [4.69, 9.17) is 4.74 Å². The topological polar surface area (TPSA) is 27.1 Å². The SMILES string of the molecule is COc1ccc(-c2ccc3c(ccn3-c3cnccc3C)c2)cc1. The van der Waals surface area contributed by atoms with Crippen molar-refractivity contribution in [2.45, 2.75) is 6.92 Å². The Balaban J connectivity index is 1.79.